The molecule has 0 saturated heterocycles. The van der Waals surface area contributed by atoms with Crippen molar-refractivity contribution in [1.29, 1.82) is 0 Å². The maximum Gasteiger partial charge on any atom is 0.237 e. The maximum atomic E-state index is 13.6. The first-order valence-corrected chi connectivity index (χ1v) is 12.4. The lowest BCUT2D eigenvalue weighted by atomic mass is 9.65. The van der Waals surface area contributed by atoms with Crippen molar-refractivity contribution in [2.45, 2.75) is 71.0 Å². The van der Waals surface area contributed by atoms with Gasteiger partial charge in [0.05, 0.1) is 5.75 Å². The van der Waals surface area contributed by atoms with Crippen molar-refractivity contribution in [3.05, 3.63) is 82.2 Å². The minimum Gasteiger partial charge on any atom is -0.306 e. The molecule has 0 fully saturated rings. The molecule has 4 rings (SSSR count). The number of nitrogens with zero attached hydrogens (tertiary/aromatic N) is 3. The number of fused-ring (bicyclic) bond motifs is 1. The highest BCUT2D eigenvalue weighted by atomic mass is 32.2. The molecule has 1 aliphatic rings. The van der Waals surface area contributed by atoms with Crippen LogP contribution < -0.4 is 4.90 Å². The van der Waals surface area contributed by atoms with Crippen LogP contribution in [0.4, 0.5) is 5.69 Å². The van der Waals surface area contributed by atoms with E-state index in [2.05, 4.69) is 87.1 Å². The number of carbonyl (C=O) groups is 1. The highest BCUT2D eigenvalue weighted by Gasteiger charge is 2.47. The van der Waals surface area contributed by atoms with Crippen LogP contribution >= 0.6 is 11.8 Å². The molecule has 0 radical (unpaired) electrons. The Balaban J connectivity index is 1.72. The minimum atomic E-state index is -0.344. The van der Waals surface area contributed by atoms with E-state index in [0.717, 1.165) is 23.5 Å². The first-order chi connectivity index (χ1) is 15.5. The molecule has 2 heterocycles. The number of hydrogen-bond donors (Lipinski definition) is 0. The fourth-order valence-electron chi connectivity index (χ4n) is 5.25. The van der Waals surface area contributed by atoms with Gasteiger partial charge in [0.2, 0.25) is 5.91 Å². The van der Waals surface area contributed by atoms with Crippen molar-refractivity contribution in [2.24, 2.45) is 0 Å². The molecule has 1 aromatic heterocycles. The second kappa shape index (κ2) is 8.60. The topological polar surface area (TPSA) is 46.1 Å². The molecule has 0 N–H and O–H groups in total. The van der Waals surface area contributed by atoms with Crippen molar-refractivity contribution >= 4 is 23.4 Å². The fraction of sp³-hybridized carbons (Fsp3) is 0.393. The van der Waals surface area contributed by atoms with E-state index in [9.17, 15) is 4.79 Å². The molecule has 0 bridgehead atoms. The maximum absolute atomic E-state index is 13.6. The average Bonchev–Trinajstić information content (AvgIpc) is 2.72. The first-order valence-electron chi connectivity index (χ1n) is 11.5. The summed E-state index contributed by atoms with van der Waals surface area (Å²) in [5.41, 5.74) is 7.29. The summed E-state index contributed by atoms with van der Waals surface area (Å²) in [6.07, 6.45) is 0.843. The van der Waals surface area contributed by atoms with Gasteiger partial charge in [-0.1, -0.05) is 66.2 Å². The lowest BCUT2D eigenvalue weighted by Crippen LogP contribution is -2.56. The van der Waals surface area contributed by atoms with Gasteiger partial charge in [-0.2, -0.15) is 0 Å². The molecule has 5 heteroatoms. The van der Waals surface area contributed by atoms with Gasteiger partial charge in [0.1, 0.15) is 0 Å². The molecule has 1 atom stereocenters. The molecule has 3 aromatic rings. The van der Waals surface area contributed by atoms with Crippen molar-refractivity contribution in [2.75, 3.05) is 10.7 Å². The molecule has 1 aliphatic heterocycles. The highest BCUT2D eigenvalue weighted by Crippen LogP contribution is 2.50. The summed E-state index contributed by atoms with van der Waals surface area (Å²) in [5, 5.41) is 0.657. The number of anilines is 1. The number of amides is 1. The van der Waals surface area contributed by atoms with Crippen LogP contribution in [0.2, 0.25) is 0 Å². The molecular weight excluding hydrogens is 426 g/mol. The van der Waals surface area contributed by atoms with Crippen LogP contribution in [0.15, 0.2) is 53.7 Å². The van der Waals surface area contributed by atoms with E-state index in [1.54, 1.807) is 0 Å². The van der Waals surface area contributed by atoms with E-state index in [0.29, 0.717) is 10.9 Å². The lowest BCUT2D eigenvalue weighted by molar-refractivity contribution is -0.117. The Morgan fingerprint density at radius 1 is 0.909 bits per heavy atom. The van der Waals surface area contributed by atoms with Crippen LogP contribution in [-0.4, -0.2) is 27.2 Å². The molecule has 0 unspecified atom stereocenters. The van der Waals surface area contributed by atoms with Crippen LogP contribution in [0, 0.1) is 27.7 Å². The predicted octanol–water partition coefficient (Wildman–Crippen LogP) is 6.32. The van der Waals surface area contributed by atoms with E-state index in [1.165, 1.54) is 34.0 Å². The molecule has 2 aromatic carbocycles. The van der Waals surface area contributed by atoms with Gasteiger partial charge >= 0.3 is 0 Å². The Hall–Kier alpha value is -2.66. The number of hydrogen-bond acceptors (Lipinski definition) is 4. The van der Waals surface area contributed by atoms with Gasteiger partial charge in [-0.05, 0) is 71.2 Å². The number of thioether (sulfide) groups is 1. The van der Waals surface area contributed by atoms with Gasteiger partial charge in [0.15, 0.2) is 5.16 Å². The Labute approximate surface area is 201 Å². The molecule has 33 heavy (non-hydrogen) atoms. The van der Waals surface area contributed by atoms with Crippen LogP contribution in [-0.2, 0) is 10.2 Å². The summed E-state index contributed by atoms with van der Waals surface area (Å²) >= 11 is 1.41. The normalized spacial score (nSPS) is 19.3. The van der Waals surface area contributed by atoms with Gasteiger partial charge in [-0.3, -0.25) is 4.79 Å². The standard InChI is InChI=1S/C28H33N3OS/c1-18-8-11-22(12-9-18)28(7)17-27(5,6)31(24-13-10-19(2)14-23(24)28)25(32)16-33-26-29-20(3)15-21(4)30-26/h8-15H,16-17H2,1-7H3/t28-/m1/s1. The quantitative estimate of drug-likeness (QED) is 0.338. The van der Waals surface area contributed by atoms with Crippen LogP contribution in [0.5, 0.6) is 0 Å². The number of rotatable bonds is 4. The number of aromatic nitrogens is 2. The summed E-state index contributed by atoms with van der Waals surface area (Å²) in [6, 6.07) is 17.3. The third kappa shape index (κ3) is 4.56. The van der Waals surface area contributed by atoms with Gasteiger partial charge in [0, 0.05) is 28.0 Å². The third-order valence-corrected chi connectivity index (χ3v) is 7.44. The highest BCUT2D eigenvalue weighted by molar-refractivity contribution is 7.99. The lowest BCUT2D eigenvalue weighted by Gasteiger charge is -2.51. The van der Waals surface area contributed by atoms with E-state index in [1.807, 2.05) is 24.8 Å². The molecular formula is C28H33N3OS. The third-order valence-electron chi connectivity index (χ3n) is 6.60. The van der Waals surface area contributed by atoms with Crippen molar-refractivity contribution in [3.8, 4) is 0 Å². The Morgan fingerprint density at radius 3 is 2.15 bits per heavy atom. The molecule has 0 spiro atoms. The zero-order chi connectivity index (χ0) is 24.0. The second-order valence-electron chi connectivity index (χ2n) is 10.2. The monoisotopic (exact) mass is 459 g/mol. The molecule has 0 aliphatic carbocycles. The Morgan fingerprint density at radius 2 is 1.52 bits per heavy atom. The smallest absolute Gasteiger partial charge is 0.237 e. The van der Waals surface area contributed by atoms with Gasteiger partial charge in [-0.25, -0.2) is 9.97 Å². The van der Waals surface area contributed by atoms with Gasteiger partial charge in [0.25, 0.3) is 0 Å². The molecule has 0 saturated carbocycles. The van der Waals surface area contributed by atoms with E-state index in [-0.39, 0.29) is 16.9 Å². The zero-order valence-corrected chi connectivity index (χ0v) is 21.5. The number of benzene rings is 2. The predicted molar refractivity (Wildman–Crippen MR) is 137 cm³/mol. The van der Waals surface area contributed by atoms with E-state index >= 15 is 0 Å². The van der Waals surface area contributed by atoms with Crippen LogP contribution in [0.25, 0.3) is 0 Å². The first kappa shape index (κ1) is 23.5. The number of carbonyl (C=O) groups excluding carboxylic acids is 1. The van der Waals surface area contributed by atoms with Gasteiger partial charge in [-0.15, -0.1) is 0 Å². The summed E-state index contributed by atoms with van der Waals surface area (Å²) in [7, 11) is 0. The molecule has 4 nitrogen and oxygen atoms in total. The van der Waals surface area contributed by atoms with Crippen LogP contribution in [0.3, 0.4) is 0 Å². The Kier molecular flexibility index (Phi) is 6.12. The summed E-state index contributed by atoms with van der Waals surface area (Å²) in [4.78, 5) is 24.6. The van der Waals surface area contributed by atoms with Crippen molar-refractivity contribution < 1.29 is 4.79 Å². The number of aryl methyl sites for hydroxylation is 4. The van der Waals surface area contributed by atoms with Crippen molar-refractivity contribution in [3.63, 3.8) is 0 Å². The fourth-order valence-corrected chi connectivity index (χ4v) is 6.05. The van der Waals surface area contributed by atoms with Gasteiger partial charge < -0.3 is 4.90 Å². The minimum absolute atomic E-state index is 0.0869. The zero-order valence-electron chi connectivity index (χ0n) is 20.7. The molecule has 172 valence electrons. The van der Waals surface area contributed by atoms with E-state index < -0.39 is 0 Å². The second-order valence-corrected chi connectivity index (χ2v) is 11.1. The average molecular weight is 460 g/mol. The SMILES string of the molecule is Cc1ccc([C@@]2(C)CC(C)(C)N(C(=O)CSc3nc(C)cc(C)n3)c3ccc(C)cc32)cc1. The largest absolute Gasteiger partial charge is 0.306 e. The van der Waals surface area contributed by atoms with E-state index in [4.69, 9.17) is 0 Å². The Bertz CT molecular complexity index is 1180. The summed E-state index contributed by atoms with van der Waals surface area (Å²) < 4.78 is 0. The molecule has 1 amide bonds. The van der Waals surface area contributed by atoms with Crippen molar-refractivity contribution in [1.82, 2.24) is 9.97 Å². The summed E-state index contributed by atoms with van der Waals surface area (Å²) in [6.45, 7) is 14.8. The van der Waals surface area contributed by atoms with Crippen LogP contribution in [0.1, 0.15) is 60.8 Å². The summed E-state index contributed by atoms with van der Waals surface area (Å²) in [5.74, 6) is 0.393.